The van der Waals surface area contributed by atoms with Crippen molar-refractivity contribution < 1.29 is 24.2 Å². The molecule has 0 aromatic carbocycles. The van der Waals surface area contributed by atoms with Gasteiger partial charge in [0.05, 0.1) is 10.3 Å². The molecule has 0 radical (unpaired) electrons. The van der Waals surface area contributed by atoms with E-state index in [1.54, 1.807) is 11.3 Å². The Balaban J connectivity index is 0.000000806. The monoisotopic (exact) mass is 451 g/mol. The van der Waals surface area contributed by atoms with Gasteiger partial charge in [0.1, 0.15) is 16.8 Å². The van der Waals surface area contributed by atoms with Crippen LogP contribution in [0.15, 0.2) is 22.9 Å². The second-order valence-electron chi connectivity index (χ2n) is 7.69. The summed E-state index contributed by atoms with van der Waals surface area (Å²) in [5.74, 6) is -0.129. The van der Waals surface area contributed by atoms with Gasteiger partial charge in [0.15, 0.2) is 0 Å². The smallest absolute Gasteiger partial charge is 0.312 e. The molecule has 0 saturated carbocycles. The quantitative estimate of drug-likeness (QED) is 0.563. The minimum Gasteiger partial charge on any atom is -0.483 e. The molecule has 1 unspecified atom stereocenters. The molecule has 1 N–H and O–H groups in total. The number of likely N-dealkylation sites (tertiary alicyclic amines) is 1. The van der Waals surface area contributed by atoms with Gasteiger partial charge in [-0.15, -0.1) is 22.7 Å². The van der Waals surface area contributed by atoms with Crippen molar-refractivity contribution in [3.63, 3.8) is 0 Å². The van der Waals surface area contributed by atoms with Gasteiger partial charge >= 0.3 is 5.97 Å². The van der Waals surface area contributed by atoms with Crippen LogP contribution in [-0.2, 0) is 14.3 Å². The van der Waals surface area contributed by atoms with Crippen molar-refractivity contribution in [2.75, 3.05) is 33.7 Å². The molecule has 2 aliphatic heterocycles. The standard InChI is InChI=1S/C19H23N3O3S2.CH2O2/c1-21(2)11-13-10-19(18(24)25-13)5-7-22(8-6-19)17(23)14-12-27-16(20-14)15-4-3-9-26-15;2-1-3/h3-4,9,12-13H,5-8,10-11H2,1-2H3;1H,(H,2,3). The van der Waals surface area contributed by atoms with E-state index < -0.39 is 5.41 Å². The normalized spacial score (nSPS) is 20.0. The number of carbonyl (C=O) groups excluding carboxylic acids is 2. The van der Waals surface area contributed by atoms with Gasteiger partial charge in [0.25, 0.3) is 12.4 Å². The number of amides is 1. The molecule has 2 aliphatic rings. The van der Waals surface area contributed by atoms with E-state index in [1.165, 1.54) is 11.3 Å². The van der Waals surface area contributed by atoms with E-state index in [-0.39, 0.29) is 24.5 Å². The SMILES string of the molecule is CN(C)CC1CC2(CCN(C(=O)c3csc(-c4cccs4)n3)CC2)C(=O)O1.O=CO. The molecule has 162 valence electrons. The number of nitrogens with zero attached hydrogens (tertiary/aromatic N) is 3. The molecule has 2 saturated heterocycles. The lowest BCUT2D eigenvalue weighted by Gasteiger charge is -2.36. The number of piperidine rings is 1. The van der Waals surface area contributed by atoms with E-state index in [0.717, 1.165) is 22.9 Å². The first-order chi connectivity index (χ1) is 14.4. The van der Waals surface area contributed by atoms with E-state index in [1.807, 2.05) is 46.8 Å². The first-order valence-electron chi connectivity index (χ1n) is 9.61. The molecule has 0 aliphatic carbocycles. The van der Waals surface area contributed by atoms with E-state index in [2.05, 4.69) is 4.98 Å². The molecule has 1 atom stereocenters. The molecule has 1 amide bonds. The topological polar surface area (TPSA) is 100 Å². The van der Waals surface area contributed by atoms with Crippen molar-refractivity contribution in [1.82, 2.24) is 14.8 Å². The number of carbonyl (C=O) groups is 3. The lowest BCUT2D eigenvalue weighted by Crippen LogP contribution is -2.45. The molecule has 30 heavy (non-hydrogen) atoms. The highest BCUT2D eigenvalue weighted by molar-refractivity contribution is 7.20. The Kier molecular flexibility index (Phi) is 7.22. The van der Waals surface area contributed by atoms with Gasteiger partial charge in [-0.25, -0.2) is 4.98 Å². The molecule has 0 bridgehead atoms. The number of aromatic nitrogens is 1. The Hall–Kier alpha value is -2.30. The molecule has 10 heteroatoms. The number of thiazole rings is 1. The highest BCUT2D eigenvalue weighted by Crippen LogP contribution is 2.43. The lowest BCUT2D eigenvalue weighted by atomic mass is 9.76. The summed E-state index contributed by atoms with van der Waals surface area (Å²) in [7, 11) is 3.97. The number of carboxylic acid groups (broad SMARTS) is 1. The van der Waals surface area contributed by atoms with Crippen molar-refractivity contribution in [3.8, 4) is 9.88 Å². The van der Waals surface area contributed by atoms with Gasteiger partial charge < -0.3 is 19.6 Å². The second kappa shape index (κ2) is 9.67. The van der Waals surface area contributed by atoms with Crippen LogP contribution in [0.2, 0.25) is 0 Å². The molecule has 8 nitrogen and oxygen atoms in total. The number of hydrogen-bond donors (Lipinski definition) is 1. The first kappa shape index (κ1) is 22.4. The van der Waals surface area contributed by atoms with Crippen molar-refractivity contribution >= 4 is 41.0 Å². The number of hydrogen-bond acceptors (Lipinski definition) is 8. The molecular formula is C20H25N3O5S2. The highest BCUT2D eigenvalue weighted by atomic mass is 32.1. The molecular weight excluding hydrogens is 426 g/mol. The number of esters is 1. The zero-order valence-electron chi connectivity index (χ0n) is 16.9. The number of ether oxygens (including phenoxy) is 1. The number of likely N-dealkylation sites (N-methyl/N-ethyl adjacent to an activating group) is 1. The summed E-state index contributed by atoms with van der Waals surface area (Å²) in [6.07, 6.45) is 2.06. The van der Waals surface area contributed by atoms with Gasteiger partial charge in [-0.1, -0.05) is 6.07 Å². The largest absolute Gasteiger partial charge is 0.483 e. The highest BCUT2D eigenvalue weighted by Gasteiger charge is 2.50. The molecule has 4 rings (SSSR count). The Morgan fingerprint density at radius 1 is 1.40 bits per heavy atom. The van der Waals surface area contributed by atoms with Crippen LogP contribution >= 0.6 is 22.7 Å². The fourth-order valence-electron chi connectivity index (χ4n) is 3.94. The van der Waals surface area contributed by atoms with Gasteiger partial charge in [-0.05, 0) is 38.4 Å². The van der Waals surface area contributed by atoms with Crippen LogP contribution in [0, 0.1) is 5.41 Å². The predicted molar refractivity (Wildman–Crippen MR) is 115 cm³/mol. The fraction of sp³-hybridized carbons (Fsp3) is 0.500. The van der Waals surface area contributed by atoms with Gasteiger partial charge in [0, 0.05) is 31.4 Å². The number of cyclic esters (lactones) is 1. The van der Waals surface area contributed by atoms with Crippen molar-refractivity contribution in [1.29, 1.82) is 0 Å². The third kappa shape index (κ3) is 4.88. The Morgan fingerprint density at radius 3 is 2.70 bits per heavy atom. The fourth-order valence-corrected chi connectivity index (χ4v) is 5.55. The van der Waals surface area contributed by atoms with Crippen LogP contribution in [-0.4, -0.2) is 78.1 Å². The van der Waals surface area contributed by atoms with Crippen LogP contribution in [0.3, 0.4) is 0 Å². The summed E-state index contributed by atoms with van der Waals surface area (Å²) in [6.45, 7) is 1.66. The third-order valence-corrected chi connectivity index (χ3v) is 7.24. The van der Waals surface area contributed by atoms with E-state index in [0.29, 0.717) is 31.6 Å². The van der Waals surface area contributed by atoms with Crippen LogP contribution in [0.1, 0.15) is 29.8 Å². The zero-order chi connectivity index (χ0) is 21.7. The van der Waals surface area contributed by atoms with E-state index in [9.17, 15) is 9.59 Å². The van der Waals surface area contributed by atoms with Crippen molar-refractivity contribution in [2.45, 2.75) is 25.4 Å². The third-order valence-electron chi connectivity index (χ3n) is 5.36. The van der Waals surface area contributed by atoms with Gasteiger partial charge in [-0.3, -0.25) is 14.4 Å². The molecule has 1 spiro atoms. The maximum Gasteiger partial charge on any atom is 0.312 e. The van der Waals surface area contributed by atoms with Crippen LogP contribution < -0.4 is 0 Å². The summed E-state index contributed by atoms with van der Waals surface area (Å²) >= 11 is 3.12. The molecule has 2 aromatic heterocycles. The Morgan fingerprint density at radius 2 is 2.10 bits per heavy atom. The summed E-state index contributed by atoms with van der Waals surface area (Å²) in [6, 6.07) is 4.00. The average Bonchev–Trinajstić information content (AvgIpc) is 3.44. The number of thiophene rings is 1. The summed E-state index contributed by atoms with van der Waals surface area (Å²) in [5, 5.41) is 11.6. The minimum absolute atomic E-state index is 0.0401. The second-order valence-corrected chi connectivity index (χ2v) is 9.49. The van der Waals surface area contributed by atoms with E-state index >= 15 is 0 Å². The number of rotatable bonds is 4. The van der Waals surface area contributed by atoms with Crippen molar-refractivity contribution in [3.05, 3.63) is 28.6 Å². The maximum absolute atomic E-state index is 12.8. The predicted octanol–water partition coefficient (Wildman–Crippen LogP) is 2.67. The Bertz CT molecular complexity index is 873. The zero-order valence-corrected chi connectivity index (χ0v) is 18.6. The molecule has 2 fully saturated rings. The first-order valence-corrected chi connectivity index (χ1v) is 11.4. The van der Waals surface area contributed by atoms with Gasteiger partial charge in [0.2, 0.25) is 0 Å². The summed E-state index contributed by atoms with van der Waals surface area (Å²) in [5.41, 5.74) is 0.0839. The molecule has 2 aromatic rings. The molecule has 4 heterocycles. The van der Waals surface area contributed by atoms with Crippen molar-refractivity contribution in [2.24, 2.45) is 5.41 Å². The summed E-state index contributed by atoms with van der Waals surface area (Å²) < 4.78 is 5.60. The van der Waals surface area contributed by atoms with Gasteiger partial charge in [-0.2, -0.15) is 0 Å². The van der Waals surface area contributed by atoms with Crippen LogP contribution in [0.25, 0.3) is 9.88 Å². The van der Waals surface area contributed by atoms with E-state index in [4.69, 9.17) is 14.6 Å². The van der Waals surface area contributed by atoms with Crippen LogP contribution in [0.5, 0.6) is 0 Å². The Labute approximate surface area is 183 Å². The van der Waals surface area contributed by atoms with Crippen LogP contribution in [0.4, 0.5) is 0 Å². The maximum atomic E-state index is 12.8. The lowest BCUT2D eigenvalue weighted by molar-refractivity contribution is -0.150. The summed E-state index contributed by atoms with van der Waals surface area (Å²) in [4.78, 5) is 43.1. The average molecular weight is 452 g/mol. The minimum atomic E-state index is -0.415.